The second-order valence-electron chi connectivity index (χ2n) is 8.04. The number of piperidine rings is 1. The average Bonchev–Trinajstić information content (AvgIpc) is 3.13. The predicted molar refractivity (Wildman–Crippen MR) is 105 cm³/mol. The number of aromatic amines is 1. The van der Waals surface area contributed by atoms with E-state index in [1.54, 1.807) is 17.7 Å². The molecule has 2 aliphatic rings. The first-order chi connectivity index (χ1) is 13.5. The summed E-state index contributed by atoms with van der Waals surface area (Å²) in [4.78, 5) is 29.9. The molecule has 0 radical (unpaired) electrons. The van der Waals surface area contributed by atoms with Crippen LogP contribution in [0.15, 0.2) is 47.3 Å². The number of carbonyl (C=O) groups excluding carboxylic acids is 1. The van der Waals surface area contributed by atoms with E-state index in [0.29, 0.717) is 17.0 Å². The Kier molecular flexibility index (Phi) is 3.89. The molecule has 2 aromatic carbocycles. The number of nitrogens with zero attached hydrogens (tertiary/aromatic N) is 2. The lowest BCUT2D eigenvalue weighted by molar-refractivity contribution is 0.0571. The number of benzene rings is 2. The highest BCUT2D eigenvalue weighted by molar-refractivity contribution is 5.98. The van der Waals surface area contributed by atoms with Gasteiger partial charge in [0.25, 0.3) is 5.91 Å². The number of nitrogens with one attached hydrogen (secondary N) is 1. The van der Waals surface area contributed by atoms with Gasteiger partial charge in [-0.2, -0.15) is 0 Å². The molecule has 3 atom stereocenters. The van der Waals surface area contributed by atoms with Crippen molar-refractivity contribution in [1.82, 2.24) is 14.5 Å². The highest BCUT2D eigenvalue weighted by Crippen LogP contribution is 2.43. The summed E-state index contributed by atoms with van der Waals surface area (Å²) in [6, 6.07) is 12.6. The Morgan fingerprint density at radius 2 is 1.75 bits per heavy atom. The molecular weight excluding hydrogens is 357 g/mol. The maximum atomic E-state index is 13.3. The SMILES string of the molecule is Cn1c(=O)[nH]c2cc(C(=O)N3[C@@H]4CC[C@H]3CC(c3ccc(F)cc3)C4)ccc21. The molecule has 2 saturated heterocycles. The molecule has 1 amide bonds. The van der Waals surface area contributed by atoms with Crippen molar-refractivity contribution >= 4 is 16.9 Å². The number of H-pyrrole nitrogens is 1. The number of amides is 1. The standard InChI is InChI=1S/C22H22FN3O2/c1-25-20-9-4-14(12-19(20)24-22(25)28)21(27)26-17-7-8-18(26)11-15(10-17)13-2-5-16(23)6-3-13/h2-6,9,12,15,17-18H,7-8,10-11H2,1H3,(H,24,28)/t15?,17-,18+. The van der Waals surface area contributed by atoms with Gasteiger partial charge in [0.05, 0.1) is 11.0 Å². The van der Waals surface area contributed by atoms with Gasteiger partial charge in [0, 0.05) is 24.7 Å². The topological polar surface area (TPSA) is 58.1 Å². The smallest absolute Gasteiger partial charge is 0.326 e. The zero-order valence-electron chi connectivity index (χ0n) is 15.7. The van der Waals surface area contributed by atoms with Crippen molar-refractivity contribution in [3.8, 4) is 0 Å². The van der Waals surface area contributed by atoms with E-state index in [1.807, 2.05) is 29.2 Å². The third-order valence-electron chi connectivity index (χ3n) is 6.46. The number of hydrogen-bond acceptors (Lipinski definition) is 2. The van der Waals surface area contributed by atoms with Gasteiger partial charge in [-0.1, -0.05) is 12.1 Å². The minimum absolute atomic E-state index is 0.0386. The van der Waals surface area contributed by atoms with Crippen LogP contribution in [0, 0.1) is 5.82 Å². The number of carbonyl (C=O) groups is 1. The summed E-state index contributed by atoms with van der Waals surface area (Å²) < 4.78 is 14.8. The van der Waals surface area contributed by atoms with Crippen LogP contribution in [0.1, 0.15) is 47.5 Å². The molecule has 28 heavy (non-hydrogen) atoms. The minimum atomic E-state index is -0.214. The number of aryl methyl sites for hydroxylation is 1. The van der Waals surface area contributed by atoms with E-state index in [9.17, 15) is 14.0 Å². The van der Waals surface area contributed by atoms with Gasteiger partial charge in [0.1, 0.15) is 5.82 Å². The van der Waals surface area contributed by atoms with E-state index in [0.717, 1.165) is 36.8 Å². The summed E-state index contributed by atoms with van der Waals surface area (Å²) in [5.74, 6) is 0.195. The van der Waals surface area contributed by atoms with Crippen LogP contribution in [0.3, 0.4) is 0 Å². The van der Waals surface area contributed by atoms with Crippen molar-refractivity contribution < 1.29 is 9.18 Å². The fourth-order valence-corrected chi connectivity index (χ4v) is 5.03. The summed E-state index contributed by atoms with van der Waals surface area (Å²) in [6.07, 6.45) is 3.85. The lowest BCUT2D eigenvalue weighted by Gasteiger charge is -2.39. The van der Waals surface area contributed by atoms with Crippen LogP contribution in [0.5, 0.6) is 0 Å². The normalized spacial score (nSPS) is 24.1. The van der Waals surface area contributed by atoms with E-state index in [1.165, 1.54) is 12.1 Å². The van der Waals surface area contributed by atoms with Gasteiger partial charge in [-0.25, -0.2) is 9.18 Å². The Morgan fingerprint density at radius 1 is 1.07 bits per heavy atom. The zero-order chi connectivity index (χ0) is 19.4. The molecule has 5 rings (SSSR count). The summed E-state index contributed by atoms with van der Waals surface area (Å²) in [5, 5.41) is 0. The zero-order valence-corrected chi connectivity index (χ0v) is 15.7. The molecular formula is C22H22FN3O2. The predicted octanol–water partition coefficient (Wildman–Crippen LogP) is 3.56. The van der Waals surface area contributed by atoms with Crippen molar-refractivity contribution in [3.63, 3.8) is 0 Å². The van der Waals surface area contributed by atoms with Crippen LogP contribution in [0.2, 0.25) is 0 Å². The number of imidazole rings is 1. The quantitative estimate of drug-likeness (QED) is 0.740. The molecule has 1 unspecified atom stereocenters. The number of fused-ring (bicyclic) bond motifs is 3. The second-order valence-corrected chi connectivity index (χ2v) is 8.04. The first-order valence-electron chi connectivity index (χ1n) is 9.78. The van der Waals surface area contributed by atoms with Crippen LogP contribution >= 0.6 is 0 Å². The molecule has 0 saturated carbocycles. The summed E-state index contributed by atoms with van der Waals surface area (Å²) in [5.41, 5.74) is 3.08. The van der Waals surface area contributed by atoms with E-state index < -0.39 is 0 Å². The molecule has 5 nitrogen and oxygen atoms in total. The number of rotatable bonds is 2. The fraction of sp³-hybridized carbons (Fsp3) is 0.364. The van der Waals surface area contributed by atoms with E-state index in [-0.39, 0.29) is 29.5 Å². The maximum Gasteiger partial charge on any atom is 0.326 e. The van der Waals surface area contributed by atoms with Gasteiger partial charge in [-0.05, 0) is 67.5 Å². The summed E-state index contributed by atoms with van der Waals surface area (Å²) >= 11 is 0. The van der Waals surface area contributed by atoms with Crippen molar-refractivity contribution in [2.45, 2.75) is 43.7 Å². The van der Waals surface area contributed by atoms with Gasteiger partial charge >= 0.3 is 5.69 Å². The van der Waals surface area contributed by atoms with Crippen LogP contribution in [0.4, 0.5) is 4.39 Å². The first-order valence-corrected chi connectivity index (χ1v) is 9.78. The first kappa shape index (κ1) is 17.2. The van der Waals surface area contributed by atoms with Gasteiger partial charge in [-0.15, -0.1) is 0 Å². The third kappa shape index (κ3) is 2.66. The largest absolute Gasteiger partial charge is 0.333 e. The van der Waals surface area contributed by atoms with Crippen molar-refractivity contribution in [3.05, 3.63) is 69.9 Å². The molecule has 3 heterocycles. The lowest BCUT2D eigenvalue weighted by Crippen LogP contribution is -2.46. The number of hydrogen-bond donors (Lipinski definition) is 1. The Hall–Kier alpha value is -2.89. The molecule has 3 aromatic rings. The highest BCUT2D eigenvalue weighted by Gasteiger charge is 2.43. The van der Waals surface area contributed by atoms with Crippen molar-refractivity contribution in [2.75, 3.05) is 0 Å². The highest BCUT2D eigenvalue weighted by atomic mass is 19.1. The fourth-order valence-electron chi connectivity index (χ4n) is 5.03. The van der Waals surface area contributed by atoms with Crippen LogP contribution < -0.4 is 5.69 Å². The van der Waals surface area contributed by atoms with E-state index >= 15 is 0 Å². The molecule has 1 N–H and O–H groups in total. The van der Waals surface area contributed by atoms with Gasteiger partial charge < -0.3 is 9.88 Å². The Bertz CT molecular complexity index is 1100. The maximum absolute atomic E-state index is 13.3. The van der Waals surface area contributed by atoms with Crippen LogP contribution in [-0.2, 0) is 7.05 Å². The number of halogens is 1. The molecule has 1 aromatic heterocycles. The van der Waals surface area contributed by atoms with Gasteiger partial charge in [-0.3, -0.25) is 9.36 Å². The Labute approximate surface area is 161 Å². The Morgan fingerprint density at radius 3 is 2.43 bits per heavy atom. The second kappa shape index (κ2) is 6.33. The van der Waals surface area contributed by atoms with Gasteiger partial charge in [0.2, 0.25) is 0 Å². The summed E-state index contributed by atoms with van der Waals surface area (Å²) in [7, 11) is 1.71. The average molecular weight is 379 g/mol. The molecule has 144 valence electrons. The molecule has 6 heteroatoms. The van der Waals surface area contributed by atoms with E-state index in [2.05, 4.69) is 4.98 Å². The number of aromatic nitrogens is 2. The minimum Gasteiger partial charge on any atom is -0.333 e. The van der Waals surface area contributed by atoms with Crippen molar-refractivity contribution in [2.24, 2.45) is 7.05 Å². The lowest BCUT2D eigenvalue weighted by atomic mass is 9.85. The van der Waals surface area contributed by atoms with Gasteiger partial charge in [0.15, 0.2) is 0 Å². The summed E-state index contributed by atoms with van der Waals surface area (Å²) in [6.45, 7) is 0. The Balaban J connectivity index is 1.41. The van der Waals surface area contributed by atoms with E-state index in [4.69, 9.17) is 0 Å². The molecule has 0 aliphatic carbocycles. The third-order valence-corrected chi connectivity index (χ3v) is 6.46. The van der Waals surface area contributed by atoms with Crippen LogP contribution in [0.25, 0.3) is 11.0 Å². The van der Waals surface area contributed by atoms with Crippen molar-refractivity contribution in [1.29, 1.82) is 0 Å². The van der Waals surface area contributed by atoms with Crippen LogP contribution in [-0.4, -0.2) is 32.4 Å². The molecule has 2 bridgehead atoms. The monoisotopic (exact) mass is 379 g/mol. The molecule has 2 aliphatic heterocycles. The molecule has 2 fully saturated rings. The molecule has 0 spiro atoms.